The lowest BCUT2D eigenvalue weighted by molar-refractivity contribution is 1.11. The van der Waals surface area contributed by atoms with Crippen LogP contribution in [-0.4, -0.2) is 39.0 Å². The zero-order valence-corrected chi connectivity index (χ0v) is 32.1. The van der Waals surface area contributed by atoms with Gasteiger partial charge in [0.05, 0.1) is 44.1 Å². The molecule has 6 aromatic heterocycles. The zero-order valence-electron chi connectivity index (χ0n) is 32.1. The molecule has 0 saturated heterocycles. The summed E-state index contributed by atoms with van der Waals surface area (Å²) in [5, 5.41) is 3.99. The lowest BCUT2D eigenvalue weighted by Crippen LogP contribution is -1.98. The predicted molar refractivity (Wildman–Crippen MR) is 243 cm³/mol. The van der Waals surface area contributed by atoms with Crippen molar-refractivity contribution in [1.29, 1.82) is 0 Å². The third kappa shape index (κ3) is 5.32. The summed E-state index contributed by atoms with van der Waals surface area (Å²) >= 11 is 0. The number of imidazole rings is 2. The topological polar surface area (TPSA) is 87.2 Å². The van der Waals surface area contributed by atoms with E-state index in [0.717, 1.165) is 111 Å². The number of pyridine rings is 4. The molecule has 0 unspecified atom stereocenters. The zero-order chi connectivity index (χ0) is 39.6. The average molecular weight is 769 g/mol. The van der Waals surface area contributed by atoms with E-state index in [1.807, 2.05) is 61.2 Å². The van der Waals surface area contributed by atoms with E-state index in [1.54, 1.807) is 0 Å². The van der Waals surface area contributed by atoms with Crippen molar-refractivity contribution in [3.8, 4) is 34.2 Å². The second-order valence-electron chi connectivity index (χ2n) is 14.8. The quantitative estimate of drug-likeness (QED) is 0.124. The summed E-state index contributed by atoms with van der Waals surface area (Å²) in [7, 11) is 0. The summed E-state index contributed by atoms with van der Waals surface area (Å²) in [5.41, 5.74) is 13.5. The Morgan fingerprint density at radius 2 is 0.667 bits per heavy atom. The second-order valence-corrected chi connectivity index (χ2v) is 14.8. The van der Waals surface area contributed by atoms with Gasteiger partial charge in [-0.3, -0.25) is 29.1 Å². The van der Waals surface area contributed by atoms with Crippen LogP contribution in [0.4, 0.5) is 0 Å². The molecule has 0 saturated carbocycles. The van der Waals surface area contributed by atoms with Gasteiger partial charge in [0.2, 0.25) is 0 Å². The fraction of sp³-hybridized carbons (Fsp3) is 0. The molecule has 0 aliphatic heterocycles. The Balaban J connectivity index is 0.919. The number of nitrogens with zero attached hydrogens (tertiary/aromatic N) is 8. The van der Waals surface area contributed by atoms with Crippen molar-refractivity contribution in [2.75, 3.05) is 0 Å². The Morgan fingerprint density at radius 3 is 1.05 bits per heavy atom. The molecular weight excluding hydrogens is 737 g/mol. The fourth-order valence-electron chi connectivity index (χ4n) is 8.58. The van der Waals surface area contributed by atoms with Gasteiger partial charge in [-0.05, 0) is 83.9 Å². The number of aromatic nitrogens is 8. The fourth-order valence-corrected chi connectivity index (χ4v) is 8.58. The second kappa shape index (κ2) is 13.6. The number of benzene rings is 6. The highest BCUT2D eigenvalue weighted by atomic mass is 15.1. The Morgan fingerprint density at radius 1 is 0.317 bits per heavy atom. The van der Waals surface area contributed by atoms with Gasteiger partial charge >= 0.3 is 0 Å². The van der Waals surface area contributed by atoms with Crippen LogP contribution in [0.5, 0.6) is 0 Å². The monoisotopic (exact) mass is 768 g/mol. The molecule has 12 rings (SSSR count). The molecule has 6 heterocycles. The molecule has 60 heavy (non-hydrogen) atoms. The van der Waals surface area contributed by atoms with Crippen LogP contribution in [0.2, 0.25) is 0 Å². The average Bonchev–Trinajstić information content (AvgIpc) is 3.94. The first kappa shape index (κ1) is 33.7. The number of para-hydroxylation sites is 2. The summed E-state index contributed by atoms with van der Waals surface area (Å²) in [4.78, 5) is 29.7. The summed E-state index contributed by atoms with van der Waals surface area (Å²) in [5.74, 6) is 1.72. The molecule has 0 N–H and O–H groups in total. The Bertz CT molecular complexity index is 3390. The molecule has 0 aliphatic carbocycles. The van der Waals surface area contributed by atoms with Crippen LogP contribution in [0.1, 0.15) is 11.1 Å². The third-order valence-corrected chi connectivity index (χ3v) is 11.3. The van der Waals surface area contributed by atoms with Gasteiger partial charge < -0.3 is 0 Å². The van der Waals surface area contributed by atoms with E-state index in [-0.39, 0.29) is 0 Å². The molecule has 6 aromatic carbocycles. The first-order valence-corrected chi connectivity index (χ1v) is 19.9. The van der Waals surface area contributed by atoms with Crippen LogP contribution in [-0.2, 0) is 0 Å². The molecule has 280 valence electrons. The van der Waals surface area contributed by atoms with Gasteiger partial charge in [-0.15, -0.1) is 0 Å². The van der Waals surface area contributed by atoms with Crippen LogP contribution >= 0.6 is 0 Å². The molecule has 0 atom stereocenters. The molecule has 0 bridgehead atoms. The highest BCUT2D eigenvalue weighted by Crippen LogP contribution is 2.39. The Kier molecular flexibility index (Phi) is 7.67. The van der Waals surface area contributed by atoms with Gasteiger partial charge in [-0.25, -0.2) is 9.97 Å². The highest BCUT2D eigenvalue weighted by molar-refractivity contribution is 6.23. The molecule has 8 heteroatoms. The molecule has 0 amide bonds. The minimum atomic E-state index is 0.852. The number of fused-ring (bicyclic) bond motifs is 12. The van der Waals surface area contributed by atoms with Crippen LogP contribution in [0.15, 0.2) is 183 Å². The molecular formula is C52H32N8. The molecule has 8 nitrogen and oxygen atoms in total. The van der Waals surface area contributed by atoms with Gasteiger partial charge in [-0.2, -0.15) is 0 Å². The van der Waals surface area contributed by atoms with Crippen molar-refractivity contribution >= 4 is 77.8 Å². The third-order valence-electron chi connectivity index (χ3n) is 11.3. The minimum absolute atomic E-state index is 0.852. The van der Waals surface area contributed by atoms with Gasteiger partial charge in [0.25, 0.3) is 0 Å². The molecule has 0 spiro atoms. The van der Waals surface area contributed by atoms with E-state index in [9.17, 15) is 0 Å². The number of rotatable bonds is 6. The van der Waals surface area contributed by atoms with E-state index < -0.39 is 0 Å². The Labute approximate surface area is 343 Å². The highest BCUT2D eigenvalue weighted by Gasteiger charge is 2.22. The van der Waals surface area contributed by atoms with Gasteiger partial charge in [0.1, 0.15) is 11.6 Å². The predicted octanol–water partition coefficient (Wildman–Crippen LogP) is 12.1. The van der Waals surface area contributed by atoms with Crippen molar-refractivity contribution in [3.63, 3.8) is 0 Å². The standard InChI is InChI=1S/C52H32N8/c1-3-11-37(12-4-1)59-49-41-17-9-31-55-45(41)43-39(15-7-29-53-43)47(49)57-51(59)35-25-21-33(22-26-35)19-20-34-23-27-36(28-24-34)52-58-48-40-16-8-30-54-44(40)46-42(18-10-32-56-46)50(48)60(52)38-13-5-2-6-14-38/h1-32H. The number of hydrogen-bond acceptors (Lipinski definition) is 6. The van der Waals surface area contributed by atoms with Crippen LogP contribution in [0.25, 0.3) is 112 Å². The van der Waals surface area contributed by atoms with Gasteiger partial charge in [-0.1, -0.05) is 97.1 Å². The van der Waals surface area contributed by atoms with Crippen molar-refractivity contribution in [2.45, 2.75) is 0 Å². The molecule has 0 aliphatic rings. The molecule has 12 aromatic rings. The largest absolute Gasteiger partial charge is 0.292 e. The van der Waals surface area contributed by atoms with Crippen LogP contribution in [0.3, 0.4) is 0 Å². The summed E-state index contributed by atoms with van der Waals surface area (Å²) < 4.78 is 4.51. The van der Waals surface area contributed by atoms with E-state index in [4.69, 9.17) is 29.9 Å². The van der Waals surface area contributed by atoms with Crippen molar-refractivity contribution in [2.24, 2.45) is 0 Å². The van der Waals surface area contributed by atoms with Gasteiger partial charge in [0.15, 0.2) is 0 Å². The minimum Gasteiger partial charge on any atom is -0.292 e. The van der Waals surface area contributed by atoms with Crippen molar-refractivity contribution < 1.29 is 0 Å². The maximum atomic E-state index is 5.33. The number of hydrogen-bond donors (Lipinski definition) is 0. The van der Waals surface area contributed by atoms with Crippen molar-refractivity contribution in [1.82, 2.24) is 39.0 Å². The van der Waals surface area contributed by atoms with E-state index >= 15 is 0 Å². The van der Waals surface area contributed by atoms with Crippen LogP contribution < -0.4 is 0 Å². The molecule has 0 fully saturated rings. The first-order valence-electron chi connectivity index (χ1n) is 19.9. The smallest absolute Gasteiger partial charge is 0.145 e. The normalized spacial score (nSPS) is 11.9. The van der Waals surface area contributed by atoms with E-state index in [2.05, 4.69) is 143 Å². The summed E-state index contributed by atoms with van der Waals surface area (Å²) in [6.07, 6.45) is 11.6. The summed E-state index contributed by atoms with van der Waals surface area (Å²) in [6.45, 7) is 0. The van der Waals surface area contributed by atoms with Crippen LogP contribution in [0, 0.1) is 0 Å². The lowest BCUT2D eigenvalue weighted by atomic mass is 10.1. The van der Waals surface area contributed by atoms with Gasteiger partial charge in [0, 0.05) is 68.8 Å². The van der Waals surface area contributed by atoms with Crippen molar-refractivity contribution in [3.05, 3.63) is 194 Å². The van der Waals surface area contributed by atoms with E-state index in [0.29, 0.717) is 0 Å². The maximum Gasteiger partial charge on any atom is 0.145 e. The molecule has 0 radical (unpaired) electrons. The van der Waals surface area contributed by atoms with E-state index in [1.165, 1.54) is 0 Å². The summed E-state index contributed by atoms with van der Waals surface area (Å²) in [6, 6.07) is 54.3. The Hall–Kier alpha value is -8.36. The SMILES string of the molecule is C(=Cc1ccc(-c2nc3c4cccnc4c4ncccc4c3n2-c2ccccc2)cc1)c1ccc(-c2nc3c4cccnc4c4ncccc4c3n2-c2ccccc2)cc1. The lowest BCUT2D eigenvalue weighted by Gasteiger charge is -2.12. The maximum absolute atomic E-state index is 5.33. The first-order chi connectivity index (χ1) is 29.8.